The average molecular weight is 446 g/mol. The van der Waals surface area contributed by atoms with Crippen LogP contribution < -0.4 is 15.4 Å². The van der Waals surface area contributed by atoms with Crippen LogP contribution in [0, 0.1) is 0 Å². The summed E-state index contributed by atoms with van der Waals surface area (Å²) in [4.78, 5) is 12.3. The highest BCUT2D eigenvalue weighted by Gasteiger charge is 2.21. The number of rotatable bonds is 7. The number of hydrogen-bond acceptors (Lipinski definition) is 4. The third kappa shape index (κ3) is 6.90. The number of anilines is 1. The van der Waals surface area contributed by atoms with Crippen molar-refractivity contribution in [2.24, 2.45) is 0 Å². The van der Waals surface area contributed by atoms with Crippen molar-refractivity contribution in [3.63, 3.8) is 0 Å². The molecular weight excluding hydrogens is 418 g/mol. The van der Waals surface area contributed by atoms with Gasteiger partial charge in [0.2, 0.25) is 15.9 Å². The van der Waals surface area contributed by atoms with Gasteiger partial charge in [0, 0.05) is 18.2 Å². The molecule has 2 aromatic carbocycles. The molecule has 0 bridgehead atoms. The summed E-state index contributed by atoms with van der Waals surface area (Å²) in [6.07, 6.45) is 6.02. The van der Waals surface area contributed by atoms with Crippen molar-refractivity contribution < 1.29 is 13.2 Å². The van der Waals surface area contributed by atoms with Gasteiger partial charge in [0.05, 0.1) is 4.90 Å². The highest BCUT2D eigenvalue weighted by atomic mass is 32.2. The summed E-state index contributed by atoms with van der Waals surface area (Å²) in [5.41, 5.74) is 1.70. The van der Waals surface area contributed by atoms with Crippen LogP contribution in [0.25, 0.3) is 0 Å². The lowest BCUT2D eigenvalue weighted by atomic mass is 9.96. The van der Waals surface area contributed by atoms with E-state index < -0.39 is 10.0 Å². The fourth-order valence-corrected chi connectivity index (χ4v) is 5.02. The molecule has 1 amide bonds. The average Bonchev–Trinajstić information content (AvgIpc) is 2.74. The molecule has 3 rings (SSSR count). The van der Waals surface area contributed by atoms with Crippen molar-refractivity contribution in [3.05, 3.63) is 60.2 Å². The summed E-state index contributed by atoms with van der Waals surface area (Å²) in [6, 6.07) is 16.1. The Morgan fingerprint density at radius 1 is 0.967 bits per heavy atom. The second-order valence-corrected chi connectivity index (χ2v) is 9.59. The molecule has 0 radical (unpaired) electrons. The molecule has 1 aliphatic carbocycles. The van der Waals surface area contributed by atoms with Crippen LogP contribution in [0.1, 0.15) is 44.1 Å². The molecule has 0 unspecified atom stereocenters. The van der Waals surface area contributed by atoms with Gasteiger partial charge in [0.15, 0.2) is 5.11 Å². The van der Waals surface area contributed by atoms with Gasteiger partial charge in [-0.15, -0.1) is 0 Å². The Kier molecular flexibility index (Phi) is 7.95. The Hall–Kier alpha value is -2.29. The smallest absolute Gasteiger partial charge is 0.240 e. The van der Waals surface area contributed by atoms with E-state index in [9.17, 15) is 13.2 Å². The molecule has 0 spiro atoms. The minimum absolute atomic E-state index is 0.0141. The molecular formula is C22H27N3O3S2. The summed E-state index contributed by atoms with van der Waals surface area (Å²) in [5.74, 6) is -0.174. The number of carbonyl (C=O) groups excluding carboxylic acids is 1. The van der Waals surface area contributed by atoms with E-state index in [0.29, 0.717) is 18.5 Å². The maximum absolute atomic E-state index is 12.6. The van der Waals surface area contributed by atoms with Gasteiger partial charge in [-0.05, 0) is 61.3 Å². The molecule has 0 heterocycles. The van der Waals surface area contributed by atoms with E-state index in [1.54, 1.807) is 12.1 Å². The van der Waals surface area contributed by atoms with Crippen LogP contribution in [0.4, 0.5) is 5.69 Å². The second kappa shape index (κ2) is 10.7. The minimum Gasteiger partial charge on any atom is -0.332 e. The minimum atomic E-state index is -3.54. The molecule has 0 aliphatic heterocycles. The number of amides is 1. The summed E-state index contributed by atoms with van der Waals surface area (Å²) in [6.45, 7) is 0. The first-order chi connectivity index (χ1) is 14.4. The maximum Gasteiger partial charge on any atom is 0.240 e. The lowest BCUT2D eigenvalue weighted by Gasteiger charge is -2.22. The molecule has 30 heavy (non-hydrogen) atoms. The number of thiocarbonyl (C=S) groups is 1. The normalized spacial score (nSPS) is 14.8. The molecule has 2 aromatic rings. The zero-order chi connectivity index (χ0) is 21.4. The van der Waals surface area contributed by atoms with Crippen LogP contribution in [0.15, 0.2) is 59.5 Å². The Bertz CT molecular complexity index is 955. The molecule has 0 saturated heterocycles. The first-order valence-electron chi connectivity index (χ1n) is 10.2. The first-order valence-corrected chi connectivity index (χ1v) is 12.1. The summed E-state index contributed by atoms with van der Waals surface area (Å²) >= 11 is 5.18. The molecule has 6 nitrogen and oxygen atoms in total. The van der Waals surface area contributed by atoms with E-state index in [-0.39, 0.29) is 22.0 Å². The Labute approximate surface area is 183 Å². The van der Waals surface area contributed by atoms with Crippen LogP contribution in [-0.2, 0) is 21.2 Å². The molecule has 3 N–H and O–H groups in total. The van der Waals surface area contributed by atoms with Crippen molar-refractivity contribution in [2.75, 3.05) is 5.32 Å². The molecule has 1 aliphatic rings. The topological polar surface area (TPSA) is 87.3 Å². The maximum atomic E-state index is 12.6. The van der Waals surface area contributed by atoms with Gasteiger partial charge in [0.1, 0.15) is 0 Å². The van der Waals surface area contributed by atoms with E-state index in [1.807, 2.05) is 30.3 Å². The molecule has 1 fully saturated rings. The van der Waals surface area contributed by atoms with E-state index in [0.717, 1.165) is 31.2 Å². The predicted octanol–water partition coefficient (Wildman–Crippen LogP) is 3.74. The predicted molar refractivity (Wildman–Crippen MR) is 123 cm³/mol. The van der Waals surface area contributed by atoms with Crippen LogP contribution in [0.2, 0.25) is 0 Å². The van der Waals surface area contributed by atoms with Gasteiger partial charge in [-0.1, -0.05) is 49.6 Å². The number of nitrogens with one attached hydrogen (secondary N) is 3. The summed E-state index contributed by atoms with van der Waals surface area (Å²) in [5, 5.41) is 5.75. The number of benzene rings is 2. The molecule has 8 heteroatoms. The van der Waals surface area contributed by atoms with E-state index in [4.69, 9.17) is 12.2 Å². The fraction of sp³-hybridized carbons (Fsp3) is 0.364. The highest BCUT2D eigenvalue weighted by Crippen LogP contribution is 2.20. The standard InChI is InChI=1S/C22H27N3O3S2/c26-21(16-11-17-7-3-1-4-8-17)24-22(29)23-18-12-14-20(15-13-18)30(27,28)25-19-9-5-2-6-10-19/h1,3-4,7-8,12-15,19,25H,2,5-6,9-11,16H2,(H2,23,24,26,29). The quantitative estimate of drug-likeness (QED) is 0.565. The third-order valence-electron chi connectivity index (χ3n) is 5.09. The molecule has 0 aromatic heterocycles. The fourth-order valence-electron chi connectivity index (χ4n) is 3.48. The van der Waals surface area contributed by atoms with Gasteiger partial charge in [-0.2, -0.15) is 0 Å². The molecule has 1 saturated carbocycles. The van der Waals surface area contributed by atoms with Gasteiger partial charge in [0.25, 0.3) is 0 Å². The van der Waals surface area contributed by atoms with Crippen LogP contribution in [0.3, 0.4) is 0 Å². The summed E-state index contributed by atoms with van der Waals surface area (Å²) in [7, 11) is -3.54. The van der Waals surface area contributed by atoms with Crippen LogP contribution in [-0.4, -0.2) is 25.5 Å². The number of carbonyl (C=O) groups is 1. The van der Waals surface area contributed by atoms with Crippen molar-refractivity contribution in [1.82, 2.24) is 10.0 Å². The van der Waals surface area contributed by atoms with Crippen molar-refractivity contribution in [3.8, 4) is 0 Å². The monoisotopic (exact) mass is 445 g/mol. The van der Waals surface area contributed by atoms with E-state index >= 15 is 0 Å². The van der Waals surface area contributed by atoms with Gasteiger partial charge >= 0.3 is 0 Å². The van der Waals surface area contributed by atoms with Crippen LogP contribution in [0.5, 0.6) is 0 Å². The first kappa shape index (κ1) is 22.4. The van der Waals surface area contributed by atoms with Gasteiger partial charge in [-0.25, -0.2) is 13.1 Å². The number of hydrogen-bond donors (Lipinski definition) is 3. The van der Waals surface area contributed by atoms with Crippen LogP contribution >= 0.6 is 12.2 Å². The van der Waals surface area contributed by atoms with E-state index in [2.05, 4.69) is 15.4 Å². The Balaban J connectivity index is 1.48. The van der Waals surface area contributed by atoms with E-state index in [1.165, 1.54) is 18.6 Å². The second-order valence-electron chi connectivity index (χ2n) is 7.47. The SMILES string of the molecule is O=C(CCc1ccccc1)NC(=S)Nc1ccc(S(=O)(=O)NC2CCCCC2)cc1. The highest BCUT2D eigenvalue weighted by molar-refractivity contribution is 7.89. The third-order valence-corrected chi connectivity index (χ3v) is 6.83. The number of aryl methyl sites for hydroxylation is 1. The zero-order valence-corrected chi connectivity index (χ0v) is 18.4. The van der Waals surface area contributed by atoms with Crippen molar-refractivity contribution in [1.29, 1.82) is 0 Å². The molecule has 160 valence electrons. The lowest BCUT2D eigenvalue weighted by Crippen LogP contribution is -2.36. The lowest BCUT2D eigenvalue weighted by molar-refractivity contribution is -0.119. The van der Waals surface area contributed by atoms with Crippen molar-refractivity contribution in [2.45, 2.75) is 55.9 Å². The van der Waals surface area contributed by atoms with Gasteiger partial charge < -0.3 is 10.6 Å². The largest absolute Gasteiger partial charge is 0.332 e. The summed E-state index contributed by atoms with van der Waals surface area (Å²) < 4.78 is 27.9. The van der Waals surface area contributed by atoms with Gasteiger partial charge in [-0.3, -0.25) is 4.79 Å². The Morgan fingerprint density at radius 2 is 1.63 bits per heavy atom. The number of sulfonamides is 1. The van der Waals surface area contributed by atoms with Crippen molar-refractivity contribution >= 4 is 38.9 Å². The Morgan fingerprint density at radius 3 is 2.30 bits per heavy atom. The zero-order valence-electron chi connectivity index (χ0n) is 16.8. The molecule has 0 atom stereocenters.